The van der Waals surface area contributed by atoms with Crippen molar-refractivity contribution in [2.75, 3.05) is 18.4 Å². The molecule has 0 saturated carbocycles. The van der Waals surface area contributed by atoms with Crippen molar-refractivity contribution in [1.82, 2.24) is 10.2 Å². The van der Waals surface area contributed by atoms with Crippen LogP contribution in [0.4, 0.5) is 10.5 Å². The first-order valence-electron chi connectivity index (χ1n) is 8.11. The molecule has 3 amide bonds. The molecule has 2 rings (SSSR count). The molecule has 1 aliphatic heterocycles. The van der Waals surface area contributed by atoms with Crippen LogP contribution in [0.3, 0.4) is 0 Å². The van der Waals surface area contributed by atoms with E-state index in [1.807, 2.05) is 6.92 Å². The highest BCUT2D eigenvalue weighted by Gasteiger charge is 2.27. The summed E-state index contributed by atoms with van der Waals surface area (Å²) < 4.78 is 0. The summed E-state index contributed by atoms with van der Waals surface area (Å²) in [5.41, 5.74) is 0.719. The number of hydrogen-bond donors (Lipinski definition) is 2. The maximum Gasteiger partial charge on any atom is 0.321 e. The molecule has 6 heteroatoms. The molecule has 1 aliphatic rings. The van der Waals surface area contributed by atoms with Gasteiger partial charge in [-0.3, -0.25) is 4.79 Å². The molecule has 1 unspecified atom stereocenters. The quantitative estimate of drug-likeness (QED) is 0.883. The summed E-state index contributed by atoms with van der Waals surface area (Å²) in [6.45, 7) is 5.25. The standard InChI is InChI=1S/C17H24ClN3O2/c1-3-12(2)19-16(22)13-8-10-21(11-9-13)17(23)20-15-6-4-14(18)5-7-15/h4-7,12-13H,3,8-11H2,1-2H3,(H,19,22)(H,20,23). The zero-order chi connectivity index (χ0) is 16.8. The smallest absolute Gasteiger partial charge is 0.321 e. The second-order valence-electron chi connectivity index (χ2n) is 6.02. The fourth-order valence-corrected chi connectivity index (χ4v) is 2.67. The number of urea groups is 1. The van der Waals surface area contributed by atoms with E-state index in [9.17, 15) is 9.59 Å². The van der Waals surface area contributed by atoms with Crippen molar-refractivity contribution in [3.8, 4) is 0 Å². The lowest BCUT2D eigenvalue weighted by molar-refractivity contribution is -0.126. The maximum atomic E-state index is 12.2. The number of carbonyl (C=O) groups is 2. The molecule has 126 valence electrons. The lowest BCUT2D eigenvalue weighted by Gasteiger charge is -2.31. The van der Waals surface area contributed by atoms with Crippen LogP contribution in [0.2, 0.25) is 5.02 Å². The Morgan fingerprint density at radius 3 is 2.43 bits per heavy atom. The van der Waals surface area contributed by atoms with Gasteiger partial charge in [0.2, 0.25) is 5.91 Å². The van der Waals surface area contributed by atoms with Gasteiger partial charge in [0.25, 0.3) is 0 Å². The van der Waals surface area contributed by atoms with Crippen LogP contribution in [0.5, 0.6) is 0 Å². The molecule has 5 nitrogen and oxygen atoms in total. The molecule has 2 N–H and O–H groups in total. The number of halogens is 1. The number of benzene rings is 1. The molecule has 23 heavy (non-hydrogen) atoms. The van der Waals surface area contributed by atoms with Gasteiger partial charge in [-0.15, -0.1) is 0 Å². The first-order valence-corrected chi connectivity index (χ1v) is 8.49. The zero-order valence-electron chi connectivity index (χ0n) is 13.6. The van der Waals surface area contributed by atoms with Crippen molar-refractivity contribution >= 4 is 29.2 Å². The van der Waals surface area contributed by atoms with Gasteiger partial charge >= 0.3 is 6.03 Å². The molecular weight excluding hydrogens is 314 g/mol. The molecule has 1 aromatic carbocycles. The second-order valence-corrected chi connectivity index (χ2v) is 6.45. The SMILES string of the molecule is CCC(C)NC(=O)C1CCN(C(=O)Nc2ccc(Cl)cc2)CC1. The fraction of sp³-hybridized carbons (Fsp3) is 0.529. The van der Waals surface area contributed by atoms with Crippen LogP contribution in [-0.2, 0) is 4.79 Å². The van der Waals surface area contributed by atoms with Crippen LogP contribution in [0, 0.1) is 5.92 Å². The van der Waals surface area contributed by atoms with Crippen molar-refractivity contribution in [3.05, 3.63) is 29.3 Å². The molecule has 1 saturated heterocycles. The van der Waals surface area contributed by atoms with E-state index in [1.54, 1.807) is 29.2 Å². The molecule has 0 bridgehead atoms. The van der Waals surface area contributed by atoms with Crippen LogP contribution in [-0.4, -0.2) is 36.0 Å². The van der Waals surface area contributed by atoms with Gasteiger partial charge in [-0.25, -0.2) is 4.79 Å². The minimum atomic E-state index is -0.131. The summed E-state index contributed by atoms with van der Waals surface area (Å²) >= 11 is 5.83. The van der Waals surface area contributed by atoms with E-state index in [1.165, 1.54) is 0 Å². The maximum absolute atomic E-state index is 12.2. The Labute approximate surface area is 142 Å². The summed E-state index contributed by atoms with van der Waals surface area (Å²) in [7, 11) is 0. The normalized spacial score (nSPS) is 16.7. The third-order valence-corrected chi connectivity index (χ3v) is 4.50. The summed E-state index contributed by atoms with van der Waals surface area (Å²) in [6.07, 6.45) is 2.33. The number of nitrogens with one attached hydrogen (secondary N) is 2. The van der Waals surface area contributed by atoms with Crippen LogP contribution >= 0.6 is 11.6 Å². The van der Waals surface area contributed by atoms with Crippen LogP contribution in [0.15, 0.2) is 24.3 Å². The predicted octanol–water partition coefficient (Wildman–Crippen LogP) is 3.50. The van der Waals surface area contributed by atoms with E-state index in [4.69, 9.17) is 11.6 Å². The Bertz CT molecular complexity index is 539. The Morgan fingerprint density at radius 1 is 1.26 bits per heavy atom. The third kappa shape index (κ3) is 5.13. The molecule has 0 spiro atoms. The molecule has 1 aromatic rings. The summed E-state index contributed by atoms with van der Waals surface area (Å²) in [5.74, 6) is 0.112. The molecule has 1 fully saturated rings. The highest BCUT2D eigenvalue weighted by Crippen LogP contribution is 2.19. The Hall–Kier alpha value is -1.75. The van der Waals surface area contributed by atoms with Crippen LogP contribution in [0.25, 0.3) is 0 Å². The molecule has 1 heterocycles. The van der Waals surface area contributed by atoms with Gasteiger partial charge in [0.1, 0.15) is 0 Å². The molecule has 0 radical (unpaired) electrons. The van der Waals surface area contributed by atoms with Gasteiger partial charge in [0, 0.05) is 35.8 Å². The van der Waals surface area contributed by atoms with Gasteiger partial charge in [-0.05, 0) is 50.5 Å². The summed E-state index contributed by atoms with van der Waals surface area (Å²) in [5, 5.41) is 6.51. The first kappa shape index (κ1) is 17.6. The highest BCUT2D eigenvalue weighted by atomic mass is 35.5. The minimum absolute atomic E-state index is 0.00332. The van der Waals surface area contributed by atoms with Gasteiger partial charge in [-0.1, -0.05) is 18.5 Å². The summed E-state index contributed by atoms with van der Waals surface area (Å²) in [4.78, 5) is 26.1. The lowest BCUT2D eigenvalue weighted by atomic mass is 9.95. The third-order valence-electron chi connectivity index (χ3n) is 4.25. The average Bonchev–Trinajstić information content (AvgIpc) is 2.56. The highest BCUT2D eigenvalue weighted by molar-refractivity contribution is 6.30. The van der Waals surface area contributed by atoms with Gasteiger partial charge in [0.05, 0.1) is 0 Å². The van der Waals surface area contributed by atoms with Crippen molar-refractivity contribution in [1.29, 1.82) is 0 Å². The van der Waals surface area contributed by atoms with Crippen molar-refractivity contribution in [3.63, 3.8) is 0 Å². The number of rotatable bonds is 4. The van der Waals surface area contributed by atoms with Gasteiger partial charge in [-0.2, -0.15) is 0 Å². The van der Waals surface area contributed by atoms with Crippen molar-refractivity contribution in [2.45, 2.75) is 39.2 Å². The van der Waals surface area contributed by atoms with E-state index >= 15 is 0 Å². The monoisotopic (exact) mass is 337 g/mol. The van der Waals surface area contributed by atoms with E-state index < -0.39 is 0 Å². The number of piperidine rings is 1. The van der Waals surface area contributed by atoms with E-state index in [-0.39, 0.29) is 23.9 Å². The Morgan fingerprint density at radius 2 is 1.87 bits per heavy atom. The Balaban J connectivity index is 1.80. The van der Waals surface area contributed by atoms with Crippen LogP contribution in [0.1, 0.15) is 33.1 Å². The van der Waals surface area contributed by atoms with E-state index in [2.05, 4.69) is 17.6 Å². The van der Waals surface area contributed by atoms with E-state index in [0.29, 0.717) is 31.0 Å². The average molecular weight is 338 g/mol. The summed E-state index contributed by atoms with van der Waals surface area (Å²) in [6, 6.07) is 7.09. The number of carbonyl (C=O) groups excluding carboxylic acids is 2. The number of hydrogen-bond acceptors (Lipinski definition) is 2. The second kappa shape index (κ2) is 8.20. The molecular formula is C17H24ClN3O2. The number of likely N-dealkylation sites (tertiary alicyclic amines) is 1. The number of nitrogens with zero attached hydrogens (tertiary/aromatic N) is 1. The van der Waals surface area contributed by atoms with Crippen molar-refractivity contribution in [2.24, 2.45) is 5.92 Å². The number of anilines is 1. The molecule has 0 aromatic heterocycles. The zero-order valence-corrected chi connectivity index (χ0v) is 14.4. The van der Waals surface area contributed by atoms with E-state index in [0.717, 1.165) is 12.1 Å². The predicted molar refractivity (Wildman–Crippen MR) is 92.7 cm³/mol. The minimum Gasteiger partial charge on any atom is -0.353 e. The molecule has 1 atom stereocenters. The number of amides is 3. The fourth-order valence-electron chi connectivity index (χ4n) is 2.54. The molecule has 0 aliphatic carbocycles. The lowest BCUT2D eigenvalue weighted by Crippen LogP contribution is -2.45. The van der Waals surface area contributed by atoms with Gasteiger partial charge < -0.3 is 15.5 Å². The first-order chi connectivity index (χ1) is 11.0. The largest absolute Gasteiger partial charge is 0.353 e. The van der Waals surface area contributed by atoms with Crippen LogP contribution < -0.4 is 10.6 Å². The Kier molecular flexibility index (Phi) is 6.28. The van der Waals surface area contributed by atoms with Gasteiger partial charge in [0.15, 0.2) is 0 Å². The topological polar surface area (TPSA) is 61.4 Å². The van der Waals surface area contributed by atoms with Crippen molar-refractivity contribution < 1.29 is 9.59 Å².